The van der Waals surface area contributed by atoms with Crippen molar-refractivity contribution < 1.29 is 4.79 Å². The highest BCUT2D eigenvalue weighted by Gasteiger charge is 2.16. The Morgan fingerprint density at radius 3 is 2.67 bits per heavy atom. The predicted molar refractivity (Wildman–Crippen MR) is 65.9 cm³/mol. The zero-order valence-corrected chi connectivity index (χ0v) is 10.8. The molecule has 15 heavy (non-hydrogen) atoms. The average molecular weight is 246 g/mol. The third-order valence-electron chi connectivity index (χ3n) is 2.56. The van der Waals surface area contributed by atoms with Gasteiger partial charge in [0.15, 0.2) is 0 Å². The number of carbonyl (C=O) groups excluding carboxylic acids is 1. The summed E-state index contributed by atoms with van der Waals surface area (Å²) in [6.07, 6.45) is 0. The average Bonchev–Trinajstić information content (AvgIpc) is 2.63. The van der Waals surface area contributed by atoms with E-state index in [1.54, 1.807) is 11.3 Å². The molecule has 2 nitrogen and oxygen atoms in total. The van der Waals surface area contributed by atoms with Gasteiger partial charge < -0.3 is 5.32 Å². The molecule has 0 bridgehead atoms. The first-order valence-electron chi connectivity index (χ1n) is 4.96. The molecular formula is C11H16ClNOS. The number of thiophene rings is 1. The van der Waals surface area contributed by atoms with Gasteiger partial charge in [-0.25, -0.2) is 0 Å². The van der Waals surface area contributed by atoms with Gasteiger partial charge in [-0.1, -0.05) is 6.92 Å². The van der Waals surface area contributed by atoms with Crippen LogP contribution in [0.4, 0.5) is 0 Å². The van der Waals surface area contributed by atoms with E-state index < -0.39 is 0 Å². The number of alkyl halides is 1. The molecule has 1 aromatic heterocycles. The molecule has 1 N–H and O–H groups in total. The van der Waals surface area contributed by atoms with Gasteiger partial charge >= 0.3 is 0 Å². The number of hydrogen-bond acceptors (Lipinski definition) is 2. The first-order valence-corrected chi connectivity index (χ1v) is 6.43. The number of carbonyl (C=O) groups is 1. The lowest BCUT2D eigenvalue weighted by atomic mass is 10.1. The van der Waals surface area contributed by atoms with Crippen LogP contribution in [0, 0.1) is 12.8 Å². The lowest BCUT2D eigenvalue weighted by Crippen LogP contribution is -2.37. The minimum Gasteiger partial charge on any atom is -0.349 e. The molecule has 84 valence electrons. The van der Waals surface area contributed by atoms with Crippen molar-refractivity contribution in [2.75, 3.05) is 5.88 Å². The highest BCUT2D eigenvalue weighted by molar-refractivity contribution is 7.08. The Balaban J connectivity index is 2.60. The smallest absolute Gasteiger partial charge is 0.252 e. The van der Waals surface area contributed by atoms with Crippen molar-refractivity contribution in [1.29, 1.82) is 0 Å². The summed E-state index contributed by atoms with van der Waals surface area (Å²) in [4.78, 5) is 11.8. The van der Waals surface area contributed by atoms with Crippen molar-refractivity contribution in [2.24, 2.45) is 5.92 Å². The van der Waals surface area contributed by atoms with E-state index in [9.17, 15) is 4.79 Å². The lowest BCUT2D eigenvalue weighted by molar-refractivity contribution is 0.0931. The number of amides is 1. The number of halogens is 1. The minimum absolute atomic E-state index is 0.00165. The zero-order valence-electron chi connectivity index (χ0n) is 9.21. The van der Waals surface area contributed by atoms with Gasteiger partial charge in [-0.3, -0.25) is 4.79 Å². The third-order valence-corrected chi connectivity index (χ3v) is 3.90. The number of aryl methyl sites for hydroxylation is 1. The normalized spacial score (nSPS) is 14.7. The Kier molecular flexibility index (Phi) is 4.61. The maximum Gasteiger partial charge on any atom is 0.252 e. The molecule has 0 aliphatic heterocycles. The van der Waals surface area contributed by atoms with Crippen LogP contribution in [0.5, 0.6) is 0 Å². The number of nitrogens with one attached hydrogen (secondary N) is 1. The molecule has 4 heteroatoms. The molecule has 0 fully saturated rings. The Morgan fingerprint density at radius 1 is 1.53 bits per heavy atom. The molecule has 0 aliphatic rings. The van der Waals surface area contributed by atoms with Gasteiger partial charge in [0, 0.05) is 17.3 Å². The van der Waals surface area contributed by atoms with Gasteiger partial charge in [0.1, 0.15) is 0 Å². The Labute approximate surface area is 99.6 Å². The van der Waals surface area contributed by atoms with Crippen LogP contribution < -0.4 is 5.32 Å². The molecule has 0 radical (unpaired) electrons. The topological polar surface area (TPSA) is 29.1 Å². The van der Waals surface area contributed by atoms with Crippen LogP contribution in [0.2, 0.25) is 0 Å². The molecule has 1 heterocycles. The van der Waals surface area contributed by atoms with Crippen molar-refractivity contribution in [1.82, 2.24) is 5.32 Å². The highest BCUT2D eigenvalue weighted by atomic mass is 35.5. The van der Waals surface area contributed by atoms with Crippen LogP contribution in [0.25, 0.3) is 0 Å². The second-order valence-electron chi connectivity index (χ2n) is 3.86. The molecule has 1 rings (SSSR count). The van der Waals surface area contributed by atoms with Crippen LogP contribution in [0.3, 0.4) is 0 Å². The van der Waals surface area contributed by atoms with Crippen molar-refractivity contribution in [2.45, 2.75) is 26.8 Å². The van der Waals surface area contributed by atoms with E-state index >= 15 is 0 Å². The SMILES string of the molecule is Cc1cscc1C(=O)NC(C)C(C)CCl. The second-order valence-corrected chi connectivity index (χ2v) is 4.91. The van der Waals surface area contributed by atoms with Gasteiger partial charge in [0.25, 0.3) is 5.91 Å². The maximum atomic E-state index is 11.8. The summed E-state index contributed by atoms with van der Waals surface area (Å²) in [6, 6.07) is 0.106. The number of hydrogen-bond donors (Lipinski definition) is 1. The Hall–Kier alpha value is -0.540. The summed E-state index contributed by atoms with van der Waals surface area (Å²) in [5.41, 5.74) is 1.80. The molecule has 2 unspecified atom stereocenters. The molecule has 1 aromatic rings. The predicted octanol–water partition coefficient (Wildman–Crippen LogP) is 3.05. The Bertz CT molecular complexity index is 337. The first-order chi connectivity index (χ1) is 7.06. The summed E-state index contributed by atoms with van der Waals surface area (Å²) < 4.78 is 0. The third kappa shape index (κ3) is 3.21. The van der Waals surface area contributed by atoms with Crippen LogP contribution >= 0.6 is 22.9 Å². The molecule has 0 spiro atoms. The summed E-state index contributed by atoms with van der Waals surface area (Å²) in [6.45, 7) is 5.95. The summed E-state index contributed by atoms with van der Waals surface area (Å²) in [5.74, 6) is 0.845. The molecule has 0 saturated heterocycles. The highest BCUT2D eigenvalue weighted by Crippen LogP contribution is 2.14. The van der Waals surface area contributed by atoms with Crippen molar-refractivity contribution in [3.05, 3.63) is 21.9 Å². The summed E-state index contributed by atoms with van der Waals surface area (Å²) in [7, 11) is 0. The molecule has 0 aliphatic carbocycles. The van der Waals surface area contributed by atoms with Gasteiger partial charge in [0.05, 0.1) is 5.56 Å². The lowest BCUT2D eigenvalue weighted by Gasteiger charge is -2.18. The standard InChI is InChI=1S/C11H16ClNOS/c1-7(4-12)9(3)13-11(14)10-6-15-5-8(10)2/h5-7,9H,4H2,1-3H3,(H,13,14). The van der Waals surface area contributed by atoms with E-state index in [0.29, 0.717) is 5.88 Å². The monoisotopic (exact) mass is 245 g/mol. The van der Waals surface area contributed by atoms with E-state index in [1.807, 2.05) is 31.5 Å². The summed E-state index contributed by atoms with van der Waals surface area (Å²) >= 11 is 7.29. The van der Waals surface area contributed by atoms with E-state index in [0.717, 1.165) is 11.1 Å². The van der Waals surface area contributed by atoms with Crippen LogP contribution in [0.15, 0.2) is 10.8 Å². The van der Waals surface area contributed by atoms with E-state index in [4.69, 9.17) is 11.6 Å². The zero-order chi connectivity index (χ0) is 11.4. The van der Waals surface area contributed by atoms with Gasteiger partial charge in [-0.2, -0.15) is 11.3 Å². The van der Waals surface area contributed by atoms with Crippen molar-refractivity contribution in [3.63, 3.8) is 0 Å². The van der Waals surface area contributed by atoms with E-state index in [2.05, 4.69) is 5.32 Å². The fourth-order valence-electron chi connectivity index (χ4n) is 1.15. The fourth-order valence-corrected chi connectivity index (χ4v) is 2.25. The maximum absolute atomic E-state index is 11.8. The van der Waals surface area contributed by atoms with Crippen molar-refractivity contribution in [3.8, 4) is 0 Å². The second kappa shape index (κ2) is 5.52. The Morgan fingerprint density at radius 2 is 2.20 bits per heavy atom. The molecule has 2 atom stereocenters. The van der Waals surface area contributed by atoms with Gasteiger partial charge in [-0.15, -0.1) is 11.6 Å². The van der Waals surface area contributed by atoms with Gasteiger partial charge in [-0.05, 0) is 30.7 Å². The minimum atomic E-state index is -0.00165. The molecule has 1 amide bonds. The first kappa shape index (κ1) is 12.5. The van der Waals surface area contributed by atoms with Gasteiger partial charge in [0.2, 0.25) is 0 Å². The van der Waals surface area contributed by atoms with E-state index in [1.165, 1.54) is 0 Å². The molecule has 0 aromatic carbocycles. The van der Waals surface area contributed by atoms with Crippen LogP contribution in [0.1, 0.15) is 29.8 Å². The van der Waals surface area contributed by atoms with E-state index in [-0.39, 0.29) is 17.9 Å². The van der Waals surface area contributed by atoms with Crippen molar-refractivity contribution >= 4 is 28.8 Å². The van der Waals surface area contributed by atoms with Crippen LogP contribution in [-0.2, 0) is 0 Å². The summed E-state index contributed by atoms with van der Waals surface area (Å²) in [5, 5.41) is 6.81. The number of rotatable bonds is 4. The fraction of sp³-hybridized carbons (Fsp3) is 0.545. The molecule has 0 saturated carbocycles. The largest absolute Gasteiger partial charge is 0.349 e. The quantitative estimate of drug-likeness (QED) is 0.812. The van der Waals surface area contributed by atoms with Crippen LogP contribution in [-0.4, -0.2) is 17.8 Å². The molecular weight excluding hydrogens is 230 g/mol.